The molecule has 1 aromatic heterocycles. The number of aliphatic hydroxyl groups is 1. The normalized spacial score (nSPS) is 18.2. The molecule has 2 aromatic carbocycles. The van der Waals surface area contributed by atoms with Gasteiger partial charge in [-0.1, -0.05) is 62.2 Å². The summed E-state index contributed by atoms with van der Waals surface area (Å²) in [6, 6.07) is 11.4. The summed E-state index contributed by atoms with van der Waals surface area (Å²) in [4.78, 5) is 4.44. The zero-order chi connectivity index (χ0) is 28.0. The van der Waals surface area contributed by atoms with Gasteiger partial charge in [-0.15, -0.1) is 5.53 Å². The Morgan fingerprint density at radius 3 is 2.68 bits per heavy atom. The smallest absolute Gasteiger partial charge is 0.103 e. The number of aliphatic hydroxyl groups excluding tert-OH is 1. The molecule has 10 heteroatoms. The van der Waals surface area contributed by atoms with Crippen LogP contribution in [0.5, 0.6) is 0 Å². The molecule has 2 aliphatic rings. The molecule has 1 atom stereocenters. The summed E-state index contributed by atoms with van der Waals surface area (Å²) >= 11 is 13.3. The van der Waals surface area contributed by atoms with Crippen LogP contribution in [0.25, 0.3) is 10.9 Å². The molecular formula is C28H31Cl2N7O. The molecule has 8 nitrogen and oxygen atoms in total. The summed E-state index contributed by atoms with van der Waals surface area (Å²) in [5.41, 5.74) is 8.92. The van der Waals surface area contributed by atoms with Gasteiger partial charge in [0, 0.05) is 35.0 Å². The minimum Gasteiger partial charge on any atom is -0.394 e. The molecule has 0 spiro atoms. The van der Waals surface area contributed by atoms with E-state index < -0.39 is 11.6 Å². The highest BCUT2D eigenvalue weighted by molar-refractivity contribution is 6.36. The van der Waals surface area contributed by atoms with E-state index in [0.717, 1.165) is 12.8 Å². The van der Waals surface area contributed by atoms with Crippen LogP contribution in [-0.4, -0.2) is 33.8 Å². The molecule has 1 saturated carbocycles. The molecule has 198 valence electrons. The molecule has 0 bridgehead atoms. The lowest BCUT2D eigenvalue weighted by atomic mass is 9.96. The van der Waals surface area contributed by atoms with Gasteiger partial charge in [0.05, 0.1) is 47.0 Å². The Morgan fingerprint density at radius 2 is 2.03 bits per heavy atom. The van der Waals surface area contributed by atoms with Gasteiger partial charge in [-0.05, 0) is 42.0 Å². The van der Waals surface area contributed by atoms with Gasteiger partial charge in [0.2, 0.25) is 0 Å². The third-order valence-electron chi connectivity index (χ3n) is 6.72. The number of hydrazine groups is 2. The fourth-order valence-electron chi connectivity index (χ4n) is 4.36. The van der Waals surface area contributed by atoms with Gasteiger partial charge in [0.15, 0.2) is 0 Å². The number of aromatic nitrogens is 1. The van der Waals surface area contributed by atoms with Crippen LogP contribution in [0.3, 0.4) is 0 Å². The lowest BCUT2D eigenvalue weighted by Crippen LogP contribution is -2.46. The van der Waals surface area contributed by atoms with E-state index in [-0.39, 0.29) is 12.0 Å². The number of nitriles is 1. The first-order valence-corrected chi connectivity index (χ1v) is 13.2. The van der Waals surface area contributed by atoms with Crippen LogP contribution in [0.1, 0.15) is 52.1 Å². The van der Waals surface area contributed by atoms with Crippen LogP contribution in [0.2, 0.25) is 10.0 Å². The number of nitrogens with one attached hydrogen (secondary N) is 4. The first kappa shape index (κ1) is 25.1. The summed E-state index contributed by atoms with van der Waals surface area (Å²) in [7, 11) is 0. The van der Waals surface area contributed by atoms with Crippen molar-refractivity contribution in [2.24, 2.45) is 5.41 Å². The zero-order valence-corrected chi connectivity index (χ0v) is 23.0. The van der Waals surface area contributed by atoms with Gasteiger partial charge in [-0.2, -0.15) is 5.26 Å². The number of rotatable bonds is 8. The lowest BCUT2D eigenvalue weighted by Gasteiger charge is -2.24. The molecule has 5 rings (SSSR count). The van der Waals surface area contributed by atoms with Gasteiger partial charge in [0.1, 0.15) is 6.07 Å². The van der Waals surface area contributed by atoms with Crippen molar-refractivity contribution in [2.75, 3.05) is 23.8 Å². The quantitative estimate of drug-likeness (QED) is 0.241. The number of benzene rings is 2. The van der Waals surface area contributed by atoms with E-state index >= 15 is 0 Å². The molecule has 0 radical (unpaired) electrons. The summed E-state index contributed by atoms with van der Waals surface area (Å²) < 4.78 is 9.70. The molecule has 5 N–H and O–H groups in total. The van der Waals surface area contributed by atoms with E-state index in [9.17, 15) is 11.7 Å². The van der Waals surface area contributed by atoms with E-state index in [2.05, 4.69) is 53.4 Å². The molecule has 3 aromatic rings. The van der Waals surface area contributed by atoms with E-state index in [0.29, 0.717) is 55.7 Å². The van der Waals surface area contributed by atoms with E-state index in [4.69, 9.17) is 23.2 Å². The first-order valence-electron chi connectivity index (χ1n) is 12.9. The number of fused-ring (bicyclic) bond motifs is 1. The van der Waals surface area contributed by atoms with Crippen LogP contribution >= 0.6 is 23.2 Å². The average Bonchev–Trinajstić information content (AvgIpc) is 3.53. The SMILES string of the molecule is [2H][C@](Nc1cc(Cl)c2ncc(C#N)c(NCC(C)(C)C)c2c1)(C1=CN(C2(CO)CC2)NN1)c1ccccc1Cl. The second-order valence-corrected chi connectivity index (χ2v) is 11.8. The maximum absolute atomic E-state index is 9.92. The minimum absolute atomic E-state index is 0.00513. The Balaban J connectivity index is 1.61. The zero-order valence-electron chi connectivity index (χ0n) is 22.5. The molecule has 0 saturated heterocycles. The van der Waals surface area contributed by atoms with Crippen LogP contribution in [0, 0.1) is 16.7 Å². The van der Waals surface area contributed by atoms with E-state index in [1.165, 1.54) is 6.20 Å². The minimum atomic E-state index is -1.57. The molecule has 0 unspecified atom stereocenters. The van der Waals surface area contributed by atoms with Crippen molar-refractivity contribution in [2.45, 2.75) is 45.2 Å². The van der Waals surface area contributed by atoms with Gasteiger partial charge in [-0.3, -0.25) is 9.99 Å². The largest absolute Gasteiger partial charge is 0.394 e. The molecule has 1 aliphatic heterocycles. The topological polar surface area (TPSA) is 108 Å². The number of nitrogens with zero attached hydrogens (tertiary/aromatic N) is 3. The third-order valence-corrected chi connectivity index (χ3v) is 7.34. The third kappa shape index (κ3) is 5.20. The van der Waals surface area contributed by atoms with Gasteiger partial charge in [0.25, 0.3) is 0 Å². The number of halogens is 2. The molecule has 38 heavy (non-hydrogen) atoms. The number of pyridine rings is 1. The fourth-order valence-corrected chi connectivity index (χ4v) is 4.86. The second-order valence-electron chi connectivity index (χ2n) is 10.9. The van der Waals surface area contributed by atoms with Crippen LogP contribution in [0.4, 0.5) is 11.4 Å². The fraction of sp³-hybridized carbons (Fsp3) is 0.357. The van der Waals surface area contributed by atoms with Crippen LogP contribution < -0.4 is 21.6 Å². The van der Waals surface area contributed by atoms with Gasteiger partial charge in [-0.25, -0.2) is 0 Å². The van der Waals surface area contributed by atoms with E-state index in [1.54, 1.807) is 24.4 Å². The molecule has 0 amide bonds. The Kier molecular flexibility index (Phi) is 6.70. The Hall–Kier alpha value is -3.22. The Morgan fingerprint density at radius 1 is 1.26 bits per heavy atom. The standard InChI is InChI=1S/C28H31Cl2N7O/c1-27(2,3)15-33-24-17(12-31)13-32-25-20(24)10-18(11-22(25)30)34-26(19-6-4-5-7-21(19)29)23-14-37(36-35-23)28(16-38)8-9-28/h4-7,10-11,13-14,26,34-36,38H,8-9,15-16H2,1-3H3,(H,32,33)/t26-/m1/s1/i26D. The maximum atomic E-state index is 9.92. The molecule has 1 aliphatic carbocycles. The van der Waals surface area contributed by atoms with Crippen molar-refractivity contribution < 1.29 is 6.48 Å². The molecular weight excluding hydrogens is 521 g/mol. The van der Waals surface area contributed by atoms with Crippen molar-refractivity contribution in [1.82, 2.24) is 21.0 Å². The Bertz CT molecular complexity index is 1500. The van der Waals surface area contributed by atoms with Crippen molar-refractivity contribution in [3.8, 4) is 6.07 Å². The van der Waals surface area contributed by atoms with Crippen LogP contribution in [0.15, 0.2) is 54.5 Å². The first-order chi connectivity index (χ1) is 18.5. The van der Waals surface area contributed by atoms with Crippen molar-refractivity contribution in [1.29, 1.82) is 5.26 Å². The van der Waals surface area contributed by atoms with Crippen molar-refractivity contribution >= 4 is 45.5 Å². The molecule has 1 fully saturated rings. The maximum Gasteiger partial charge on any atom is 0.103 e. The predicted octanol–water partition coefficient (Wildman–Crippen LogP) is 5.72. The highest BCUT2D eigenvalue weighted by atomic mass is 35.5. The van der Waals surface area contributed by atoms with Crippen LogP contribution in [-0.2, 0) is 0 Å². The lowest BCUT2D eigenvalue weighted by molar-refractivity contribution is 0.106. The Labute approximate surface area is 234 Å². The molecule has 2 heterocycles. The monoisotopic (exact) mass is 552 g/mol. The summed E-state index contributed by atoms with van der Waals surface area (Å²) in [6.07, 6.45) is 4.99. The highest BCUT2D eigenvalue weighted by Crippen LogP contribution is 2.43. The van der Waals surface area contributed by atoms with E-state index in [1.807, 2.05) is 23.2 Å². The number of anilines is 2. The summed E-state index contributed by atoms with van der Waals surface area (Å²) in [6.45, 7) is 6.94. The average molecular weight is 554 g/mol. The summed E-state index contributed by atoms with van der Waals surface area (Å²) in [5, 5.41) is 29.8. The number of hydrogen-bond acceptors (Lipinski definition) is 8. The predicted molar refractivity (Wildman–Crippen MR) is 152 cm³/mol. The van der Waals surface area contributed by atoms with Gasteiger partial charge >= 0.3 is 0 Å². The van der Waals surface area contributed by atoms with Crippen molar-refractivity contribution in [3.05, 3.63) is 75.7 Å². The van der Waals surface area contributed by atoms with Gasteiger partial charge < -0.3 is 21.2 Å². The summed E-state index contributed by atoms with van der Waals surface area (Å²) in [5.74, 6) is 0. The highest BCUT2D eigenvalue weighted by Gasteiger charge is 2.48. The van der Waals surface area contributed by atoms with Crippen molar-refractivity contribution in [3.63, 3.8) is 0 Å². The second kappa shape index (κ2) is 10.2. The number of hydrogen-bond donors (Lipinski definition) is 5.